The first-order valence-corrected chi connectivity index (χ1v) is 18.4. The molecule has 3 N–H and O–H groups in total. The summed E-state index contributed by atoms with van der Waals surface area (Å²) in [6.45, 7) is 16.7. The highest BCUT2D eigenvalue weighted by Gasteiger charge is 2.37. The molecule has 0 aliphatic heterocycles. The molecule has 3 aromatic carbocycles. The Morgan fingerprint density at radius 2 is 1.12 bits per heavy atom. The summed E-state index contributed by atoms with van der Waals surface area (Å²) in [6, 6.07) is 12.5. The van der Waals surface area contributed by atoms with E-state index in [1.807, 2.05) is 0 Å². The molecule has 0 spiro atoms. The van der Waals surface area contributed by atoms with Crippen LogP contribution in [0.1, 0.15) is 16.7 Å². The number of carbonyl (C=O) groups excluding carboxylic acids is 5. The van der Waals surface area contributed by atoms with E-state index >= 15 is 0 Å². The molecule has 57 heavy (non-hydrogen) atoms. The highest BCUT2D eigenvalue weighted by atomic mass is 32.2. The fraction of sp³-hybridized carbons (Fsp3) is 0.195. The molecule has 0 aliphatic carbocycles. The highest BCUT2D eigenvalue weighted by molar-refractivity contribution is 7.91. The van der Waals surface area contributed by atoms with Crippen LogP contribution >= 0.6 is 0 Å². The quantitative estimate of drug-likeness (QED) is 0.0495. The number of sulfone groups is 1. The number of ether oxygens (including phenoxy) is 5. The molecule has 0 fully saturated rings. The highest BCUT2D eigenvalue weighted by Crippen LogP contribution is 2.31. The first-order valence-electron chi connectivity index (χ1n) is 16.9. The normalized spacial score (nSPS) is 10.8. The predicted octanol–water partition coefficient (Wildman–Crippen LogP) is 6.32. The zero-order valence-corrected chi connectivity index (χ0v) is 31.9. The second kappa shape index (κ2) is 20.7. The van der Waals surface area contributed by atoms with Gasteiger partial charge in [-0.15, -0.1) is 13.2 Å². The minimum atomic E-state index is -4.04. The second-order valence-corrected chi connectivity index (χ2v) is 14.1. The maximum absolute atomic E-state index is 13.5. The van der Waals surface area contributed by atoms with Crippen molar-refractivity contribution in [2.45, 2.75) is 29.6 Å². The van der Waals surface area contributed by atoms with Gasteiger partial charge in [0.2, 0.25) is 9.84 Å². The minimum Gasteiger partial charge on any atom is -0.508 e. The number of hydrogen-bond donors (Lipinski definition) is 3. The van der Waals surface area contributed by atoms with Crippen molar-refractivity contribution in [3.63, 3.8) is 0 Å². The molecule has 0 aromatic heterocycles. The van der Waals surface area contributed by atoms with Crippen molar-refractivity contribution in [2.75, 3.05) is 37.1 Å². The molecule has 0 saturated heterocycles. The molecule has 0 saturated carbocycles. The van der Waals surface area contributed by atoms with Crippen molar-refractivity contribution in [3.05, 3.63) is 135 Å². The molecule has 0 unspecified atom stereocenters. The molecule has 15 nitrogen and oxygen atoms in total. The van der Waals surface area contributed by atoms with Crippen LogP contribution in [0.25, 0.3) is 0 Å². The summed E-state index contributed by atoms with van der Waals surface area (Å²) in [4.78, 5) is 61.6. The number of anilines is 2. The van der Waals surface area contributed by atoms with Crippen LogP contribution in [-0.4, -0.2) is 70.0 Å². The van der Waals surface area contributed by atoms with Crippen LogP contribution in [0, 0.1) is 12.3 Å². The van der Waals surface area contributed by atoms with Crippen LogP contribution in [0.5, 0.6) is 11.5 Å². The SMILES string of the molecule is C=CCc1cc(S(=O)(=O)c2ccc(OC(=O)Nc3cccc(NC(=O)OCC(COC(=O)C=C)(COC(=O)C=C)COC(=O)C=C)c3C)c(CC=C)c2)ccc1O. The number of hydrogen-bond acceptors (Lipinski definition) is 13. The molecule has 16 heteroatoms. The van der Waals surface area contributed by atoms with E-state index < -0.39 is 71.8 Å². The summed E-state index contributed by atoms with van der Waals surface area (Å²) in [5, 5.41) is 15.2. The zero-order valence-electron chi connectivity index (χ0n) is 31.1. The average molecular weight is 803 g/mol. The van der Waals surface area contributed by atoms with Gasteiger partial charge >= 0.3 is 30.1 Å². The van der Waals surface area contributed by atoms with Gasteiger partial charge in [-0.2, -0.15) is 0 Å². The molecule has 0 bridgehead atoms. The molecule has 0 heterocycles. The van der Waals surface area contributed by atoms with Gasteiger partial charge in [0.05, 0.1) is 9.79 Å². The van der Waals surface area contributed by atoms with E-state index in [1.165, 1.54) is 66.7 Å². The number of carbonyl (C=O) groups is 5. The lowest BCUT2D eigenvalue weighted by atomic mass is 9.92. The third kappa shape index (κ3) is 12.5. The number of allylic oxidation sites excluding steroid dienone is 2. The third-order valence-corrected chi connectivity index (χ3v) is 9.76. The summed E-state index contributed by atoms with van der Waals surface area (Å²) in [7, 11) is -4.04. The number of rotatable bonds is 20. The molecule has 3 aromatic rings. The van der Waals surface area contributed by atoms with E-state index in [1.54, 1.807) is 6.92 Å². The van der Waals surface area contributed by atoms with Gasteiger partial charge in [0.1, 0.15) is 43.3 Å². The standard InChI is InChI=1S/C41H42N2O13S/c1-7-13-28-21-30(17-19-34(28)44)57(50,51)31-18-20-35(29(22-31)14-8-2)56-40(49)43-33-16-12-15-32(27(33)6)42-39(48)55-26-41(23-52-36(45)9-3,24-53-37(46)10-4)25-54-38(47)11-5/h7-12,15-22,44H,1-5,13-14,23-26H2,6H3,(H,42,48)(H,43,49). The fourth-order valence-electron chi connectivity index (χ4n) is 4.93. The Labute approximate surface area is 329 Å². The largest absolute Gasteiger partial charge is 0.508 e. The summed E-state index contributed by atoms with van der Waals surface area (Å²) in [5.41, 5.74) is -0.0416. The van der Waals surface area contributed by atoms with Crippen LogP contribution in [0.3, 0.4) is 0 Å². The number of phenols is 1. The van der Waals surface area contributed by atoms with E-state index in [-0.39, 0.29) is 45.5 Å². The van der Waals surface area contributed by atoms with Gasteiger partial charge < -0.3 is 28.8 Å². The van der Waals surface area contributed by atoms with Gasteiger partial charge in [-0.3, -0.25) is 10.6 Å². The van der Waals surface area contributed by atoms with E-state index in [0.717, 1.165) is 18.2 Å². The van der Waals surface area contributed by atoms with Crippen LogP contribution < -0.4 is 15.4 Å². The lowest BCUT2D eigenvalue weighted by molar-refractivity contribution is -0.158. The van der Waals surface area contributed by atoms with Crippen molar-refractivity contribution in [1.82, 2.24) is 0 Å². The smallest absolute Gasteiger partial charge is 0.417 e. The van der Waals surface area contributed by atoms with Gasteiger partial charge in [0.25, 0.3) is 0 Å². The number of esters is 3. The topological polar surface area (TPSA) is 210 Å². The Morgan fingerprint density at radius 1 is 0.667 bits per heavy atom. The third-order valence-electron chi connectivity index (χ3n) is 8.01. The Bertz CT molecular complexity index is 2120. The molecule has 300 valence electrons. The molecule has 3 rings (SSSR count). The molecule has 0 atom stereocenters. The lowest BCUT2D eigenvalue weighted by Crippen LogP contribution is -2.44. The monoisotopic (exact) mass is 802 g/mol. The number of aromatic hydroxyl groups is 1. The molecule has 0 aliphatic rings. The van der Waals surface area contributed by atoms with E-state index in [2.05, 4.69) is 43.5 Å². The first-order chi connectivity index (χ1) is 27.1. The Morgan fingerprint density at radius 3 is 1.63 bits per heavy atom. The van der Waals surface area contributed by atoms with Crippen LogP contribution in [0.4, 0.5) is 21.0 Å². The second-order valence-electron chi connectivity index (χ2n) is 12.2. The molecular formula is C41H42N2O13S. The summed E-state index contributed by atoms with van der Waals surface area (Å²) in [6.07, 6.45) is 4.15. The van der Waals surface area contributed by atoms with Gasteiger partial charge in [-0.25, -0.2) is 32.4 Å². The summed E-state index contributed by atoms with van der Waals surface area (Å²) < 4.78 is 53.4. The van der Waals surface area contributed by atoms with Gasteiger partial charge in [0, 0.05) is 35.2 Å². The van der Waals surface area contributed by atoms with E-state index in [9.17, 15) is 37.5 Å². The number of nitrogens with one attached hydrogen (secondary N) is 2. The van der Waals surface area contributed by atoms with Crippen molar-refractivity contribution >= 4 is 51.3 Å². The Balaban J connectivity index is 1.78. The van der Waals surface area contributed by atoms with Gasteiger partial charge in [0.15, 0.2) is 0 Å². The van der Waals surface area contributed by atoms with Crippen LogP contribution in [-0.2, 0) is 56.0 Å². The Hall–Kier alpha value is -6.94. The van der Waals surface area contributed by atoms with Crippen molar-refractivity contribution in [1.29, 1.82) is 0 Å². The van der Waals surface area contributed by atoms with Gasteiger partial charge in [-0.05, 0) is 79.4 Å². The van der Waals surface area contributed by atoms with Crippen LogP contribution in [0.15, 0.2) is 128 Å². The van der Waals surface area contributed by atoms with E-state index in [4.69, 9.17) is 23.7 Å². The van der Waals surface area contributed by atoms with Crippen molar-refractivity contribution < 1.29 is 61.2 Å². The Kier molecular flexibility index (Phi) is 16.1. The minimum absolute atomic E-state index is 0.0441. The van der Waals surface area contributed by atoms with Crippen LogP contribution in [0.2, 0.25) is 0 Å². The summed E-state index contributed by atoms with van der Waals surface area (Å²) in [5.74, 6) is -2.56. The number of amides is 2. The summed E-state index contributed by atoms with van der Waals surface area (Å²) >= 11 is 0. The average Bonchev–Trinajstić information content (AvgIpc) is 3.19. The van der Waals surface area contributed by atoms with E-state index in [0.29, 0.717) is 16.7 Å². The molecule has 0 radical (unpaired) electrons. The fourth-order valence-corrected chi connectivity index (χ4v) is 6.29. The predicted molar refractivity (Wildman–Crippen MR) is 209 cm³/mol. The maximum Gasteiger partial charge on any atom is 0.417 e. The molecular weight excluding hydrogens is 761 g/mol. The van der Waals surface area contributed by atoms with Crippen molar-refractivity contribution in [2.24, 2.45) is 5.41 Å². The lowest BCUT2D eigenvalue weighted by Gasteiger charge is -2.31. The maximum atomic E-state index is 13.5. The molecule has 2 amide bonds. The first kappa shape index (κ1) is 44.5. The van der Waals surface area contributed by atoms with Crippen molar-refractivity contribution in [3.8, 4) is 11.5 Å². The number of phenolic OH excluding ortho intramolecular Hbond substituents is 1. The number of benzene rings is 3. The zero-order chi connectivity index (χ0) is 42.2. The van der Waals surface area contributed by atoms with Gasteiger partial charge in [-0.1, -0.05) is 38.0 Å².